The summed E-state index contributed by atoms with van der Waals surface area (Å²) < 4.78 is 26.6. The molecule has 0 saturated carbocycles. The van der Waals surface area contributed by atoms with Crippen LogP contribution in [0, 0.1) is 0 Å². The maximum absolute atomic E-state index is 12.6. The lowest BCUT2D eigenvalue weighted by Crippen LogP contribution is -2.50. The number of unbranched alkanes of at least 4 members (excludes halogenated alkanes) is 1. The topological polar surface area (TPSA) is 78.0 Å². The van der Waals surface area contributed by atoms with Crippen LogP contribution in [0.3, 0.4) is 0 Å². The van der Waals surface area contributed by atoms with E-state index in [0.717, 1.165) is 12.8 Å². The lowest BCUT2D eigenvalue weighted by Gasteiger charge is -2.34. The molecule has 0 atom stereocenters. The van der Waals surface area contributed by atoms with Crippen molar-refractivity contribution in [3.05, 3.63) is 30.3 Å². The van der Waals surface area contributed by atoms with E-state index in [-0.39, 0.29) is 42.6 Å². The molecule has 1 heterocycles. The van der Waals surface area contributed by atoms with Crippen LogP contribution < -0.4 is 0 Å². The second-order valence-corrected chi connectivity index (χ2v) is 8.70. The van der Waals surface area contributed by atoms with E-state index in [2.05, 4.69) is 6.92 Å². The molecule has 7 nitrogen and oxygen atoms in total. The van der Waals surface area contributed by atoms with E-state index in [1.165, 1.54) is 4.31 Å². The molecule has 2 rings (SSSR count). The Morgan fingerprint density at radius 1 is 1.04 bits per heavy atom. The SMILES string of the molecule is CCCCN(C)C(=O)CCC(=O)N1CCN(S(=O)(=O)c2ccccc2)CC1. The van der Waals surface area contributed by atoms with E-state index in [1.807, 2.05) is 0 Å². The summed E-state index contributed by atoms with van der Waals surface area (Å²) in [5.74, 6) is -0.119. The van der Waals surface area contributed by atoms with E-state index < -0.39 is 10.0 Å². The van der Waals surface area contributed by atoms with Gasteiger partial charge in [-0.15, -0.1) is 0 Å². The summed E-state index contributed by atoms with van der Waals surface area (Å²) in [6.07, 6.45) is 2.34. The van der Waals surface area contributed by atoms with E-state index in [9.17, 15) is 18.0 Å². The summed E-state index contributed by atoms with van der Waals surface area (Å²) >= 11 is 0. The van der Waals surface area contributed by atoms with Crippen LogP contribution in [0.2, 0.25) is 0 Å². The van der Waals surface area contributed by atoms with Crippen molar-refractivity contribution in [2.75, 3.05) is 39.8 Å². The average molecular weight is 396 g/mol. The highest BCUT2D eigenvalue weighted by molar-refractivity contribution is 7.89. The van der Waals surface area contributed by atoms with E-state index in [1.54, 1.807) is 47.2 Å². The van der Waals surface area contributed by atoms with Crippen molar-refractivity contribution in [1.29, 1.82) is 0 Å². The fraction of sp³-hybridized carbons (Fsp3) is 0.579. The smallest absolute Gasteiger partial charge is 0.243 e. The van der Waals surface area contributed by atoms with Crippen molar-refractivity contribution < 1.29 is 18.0 Å². The van der Waals surface area contributed by atoms with Gasteiger partial charge in [0.1, 0.15) is 0 Å². The Bertz CT molecular complexity index is 729. The van der Waals surface area contributed by atoms with E-state index >= 15 is 0 Å². The highest BCUT2D eigenvalue weighted by atomic mass is 32.2. The van der Waals surface area contributed by atoms with E-state index in [4.69, 9.17) is 0 Å². The molecule has 1 fully saturated rings. The third kappa shape index (κ3) is 5.77. The lowest BCUT2D eigenvalue weighted by molar-refractivity contribution is -0.137. The van der Waals surface area contributed by atoms with Gasteiger partial charge in [0.05, 0.1) is 4.90 Å². The molecule has 0 unspecified atom stereocenters. The van der Waals surface area contributed by atoms with Gasteiger partial charge in [-0.05, 0) is 18.6 Å². The summed E-state index contributed by atoms with van der Waals surface area (Å²) in [7, 11) is -1.76. The summed E-state index contributed by atoms with van der Waals surface area (Å²) in [5, 5.41) is 0. The average Bonchev–Trinajstić information content (AvgIpc) is 2.70. The van der Waals surface area contributed by atoms with Crippen molar-refractivity contribution in [1.82, 2.24) is 14.1 Å². The van der Waals surface area contributed by atoms with Crippen LogP contribution in [0.5, 0.6) is 0 Å². The van der Waals surface area contributed by atoms with Gasteiger partial charge in [0.15, 0.2) is 0 Å². The largest absolute Gasteiger partial charge is 0.346 e. The van der Waals surface area contributed by atoms with Crippen molar-refractivity contribution in [3.63, 3.8) is 0 Å². The number of rotatable bonds is 8. The quantitative estimate of drug-likeness (QED) is 0.669. The second kappa shape index (κ2) is 9.85. The van der Waals surface area contributed by atoms with Gasteiger partial charge in [-0.25, -0.2) is 8.42 Å². The number of nitrogens with zero attached hydrogens (tertiary/aromatic N) is 3. The first kappa shape index (κ1) is 21.4. The first-order valence-electron chi connectivity index (χ1n) is 9.43. The molecule has 0 spiro atoms. The minimum atomic E-state index is -3.52. The molecule has 150 valence electrons. The summed E-state index contributed by atoms with van der Waals surface area (Å²) in [6, 6.07) is 8.32. The minimum absolute atomic E-state index is 0.0258. The standard InChI is InChI=1S/C19H29N3O4S/c1-3-4-12-20(2)18(23)10-11-19(24)21-13-15-22(16-14-21)27(25,26)17-8-6-5-7-9-17/h5-9H,3-4,10-16H2,1-2H3. The van der Waals surface area contributed by atoms with Crippen LogP contribution in [0.4, 0.5) is 0 Å². The normalized spacial score (nSPS) is 15.6. The third-order valence-corrected chi connectivity index (χ3v) is 6.71. The van der Waals surface area contributed by atoms with Gasteiger partial charge in [0.2, 0.25) is 21.8 Å². The zero-order valence-corrected chi connectivity index (χ0v) is 17.0. The zero-order valence-electron chi connectivity index (χ0n) is 16.1. The molecule has 2 amide bonds. The maximum atomic E-state index is 12.6. The molecule has 0 N–H and O–H groups in total. The number of benzene rings is 1. The molecular formula is C19H29N3O4S. The zero-order chi connectivity index (χ0) is 19.9. The van der Waals surface area contributed by atoms with Gasteiger partial charge < -0.3 is 9.80 Å². The number of sulfonamides is 1. The van der Waals surface area contributed by atoms with Crippen LogP contribution in [0.15, 0.2) is 35.2 Å². The molecule has 0 radical (unpaired) electrons. The highest BCUT2D eigenvalue weighted by Crippen LogP contribution is 2.17. The van der Waals surface area contributed by atoms with Crippen molar-refractivity contribution in [2.24, 2.45) is 0 Å². The van der Waals surface area contributed by atoms with Crippen molar-refractivity contribution in [2.45, 2.75) is 37.5 Å². The molecule has 1 saturated heterocycles. The van der Waals surface area contributed by atoms with Gasteiger partial charge in [-0.3, -0.25) is 9.59 Å². The van der Waals surface area contributed by atoms with Gasteiger partial charge in [0.25, 0.3) is 0 Å². The van der Waals surface area contributed by atoms with Crippen LogP contribution in [0.1, 0.15) is 32.6 Å². The van der Waals surface area contributed by atoms with Crippen LogP contribution in [-0.2, 0) is 19.6 Å². The fourth-order valence-corrected chi connectivity index (χ4v) is 4.45. The van der Waals surface area contributed by atoms with E-state index in [0.29, 0.717) is 19.6 Å². The van der Waals surface area contributed by atoms with Crippen LogP contribution in [0.25, 0.3) is 0 Å². The number of carbonyl (C=O) groups excluding carboxylic acids is 2. The fourth-order valence-electron chi connectivity index (χ4n) is 3.00. The number of amides is 2. The summed E-state index contributed by atoms with van der Waals surface area (Å²) in [4.78, 5) is 28.0. The third-order valence-electron chi connectivity index (χ3n) is 4.80. The molecule has 0 aromatic heterocycles. The molecule has 1 aromatic rings. The summed E-state index contributed by atoms with van der Waals surface area (Å²) in [5.41, 5.74) is 0. The Morgan fingerprint density at radius 2 is 1.67 bits per heavy atom. The van der Waals surface area contributed by atoms with Crippen LogP contribution in [-0.4, -0.2) is 74.1 Å². The molecule has 1 aliphatic heterocycles. The molecule has 8 heteroatoms. The first-order chi connectivity index (χ1) is 12.9. The van der Waals surface area contributed by atoms with Gasteiger partial charge in [-0.2, -0.15) is 4.31 Å². The molecular weight excluding hydrogens is 366 g/mol. The van der Waals surface area contributed by atoms with Crippen LogP contribution >= 0.6 is 0 Å². The van der Waals surface area contributed by atoms with Gasteiger partial charge >= 0.3 is 0 Å². The van der Waals surface area contributed by atoms with Gasteiger partial charge in [-0.1, -0.05) is 31.5 Å². The molecule has 1 aliphatic rings. The number of piperazine rings is 1. The molecule has 0 aliphatic carbocycles. The minimum Gasteiger partial charge on any atom is -0.346 e. The maximum Gasteiger partial charge on any atom is 0.243 e. The predicted molar refractivity (Wildman–Crippen MR) is 104 cm³/mol. The van der Waals surface area contributed by atoms with Crippen molar-refractivity contribution in [3.8, 4) is 0 Å². The first-order valence-corrected chi connectivity index (χ1v) is 10.9. The summed E-state index contributed by atoms with van der Waals surface area (Å²) in [6.45, 7) is 4.02. The Labute approximate surface area is 162 Å². The highest BCUT2D eigenvalue weighted by Gasteiger charge is 2.30. The predicted octanol–water partition coefficient (Wildman–Crippen LogP) is 1.56. The number of hydrogen-bond donors (Lipinski definition) is 0. The van der Waals surface area contributed by atoms with Crippen molar-refractivity contribution >= 4 is 21.8 Å². The Hall–Kier alpha value is -1.93. The van der Waals surface area contributed by atoms with Gasteiger partial charge in [0, 0.05) is 52.6 Å². The Balaban J connectivity index is 1.81. The Kier molecular flexibility index (Phi) is 7.79. The monoisotopic (exact) mass is 395 g/mol. The number of hydrogen-bond acceptors (Lipinski definition) is 4. The Morgan fingerprint density at radius 3 is 2.26 bits per heavy atom. The number of carbonyl (C=O) groups is 2. The lowest BCUT2D eigenvalue weighted by atomic mass is 10.2. The molecule has 1 aromatic carbocycles. The molecule has 0 bridgehead atoms. The second-order valence-electron chi connectivity index (χ2n) is 6.77. The molecule has 27 heavy (non-hydrogen) atoms.